The molecule has 2 aromatic rings. The fraction of sp³-hybridized carbons (Fsp3) is 0.591. The fourth-order valence-electron chi connectivity index (χ4n) is 4.58. The maximum absolute atomic E-state index is 13.0. The molecule has 0 radical (unpaired) electrons. The van der Waals surface area contributed by atoms with Gasteiger partial charge >= 0.3 is 6.18 Å². The van der Waals surface area contributed by atoms with Crippen molar-refractivity contribution in [2.24, 2.45) is 5.41 Å². The summed E-state index contributed by atoms with van der Waals surface area (Å²) in [4.78, 5) is 21.4. The van der Waals surface area contributed by atoms with E-state index < -0.39 is 11.7 Å². The smallest absolute Gasteiger partial charge is 0.340 e. The molecule has 1 amide bonds. The van der Waals surface area contributed by atoms with Crippen LogP contribution in [0.1, 0.15) is 57.0 Å². The second kappa shape index (κ2) is 8.26. The Bertz CT molecular complexity index is 929. The Morgan fingerprint density at radius 3 is 2.48 bits per heavy atom. The molecule has 2 fully saturated rings. The third kappa shape index (κ3) is 4.46. The first-order valence-electron chi connectivity index (χ1n) is 10.7. The second-order valence-corrected chi connectivity index (χ2v) is 8.81. The summed E-state index contributed by atoms with van der Waals surface area (Å²) in [5.74, 6) is 0.743. The van der Waals surface area contributed by atoms with E-state index in [1.54, 1.807) is 0 Å². The predicted octanol–water partition coefficient (Wildman–Crippen LogP) is 4.54. The molecule has 31 heavy (non-hydrogen) atoms. The molecule has 1 aromatic carbocycles. The molecule has 2 heterocycles. The number of hydrogen-bond acceptors (Lipinski definition) is 5. The summed E-state index contributed by atoms with van der Waals surface area (Å²) in [6, 6.07) is 4.71. The van der Waals surface area contributed by atoms with Gasteiger partial charge in [0.1, 0.15) is 0 Å². The van der Waals surface area contributed by atoms with E-state index >= 15 is 0 Å². The number of carbonyl (C=O) groups excluding carboxylic acids is 1. The largest absolute Gasteiger partial charge is 0.416 e. The average molecular weight is 436 g/mol. The second-order valence-electron chi connectivity index (χ2n) is 8.81. The molecule has 2 aliphatic rings. The van der Waals surface area contributed by atoms with Gasteiger partial charge in [0.15, 0.2) is 0 Å². The van der Waals surface area contributed by atoms with Crippen LogP contribution in [0.25, 0.3) is 11.4 Å². The lowest BCUT2D eigenvalue weighted by molar-refractivity contribution is -0.143. The third-order valence-electron chi connectivity index (χ3n) is 6.62. The first kappa shape index (κ1) is 21.8. The van der Waals surface area contributed by atoms with E-state index in [1.165, 1.54) is 12.1 Å². The van der Waals surface area contributed by atoms with E-state index in [9.17, 15) is 18.0 Å². The SMILES string of the molecule is CC(c1nc(-c2cccc(C(F)(F)F)c2)no1)N1CCN(C(=O)C2(C)CCCC2)CC1. The van der Waals surface area contributed by atoms with Crippen LogP contribution in [-0.4, -0.2) is 52.0 Å². The Morgan fingerprint density at radius 2 is 1.84 bits per heavy atom. The number of alkyl halides is 3. The van der Waals surface area contributed by atoms with Crippen molar-refractivity contribution in [2.75, 3.05) is 26.2 Å². The standard InChI is InChI=1S/C22H27F3N4O2/c1-15(28-10-12-29(13-11-28)20(30)21(2)8-3-4-9-21)19-26-18(27-31-19)16-6-5-7-17(14-16)22(23,24)25/h5-7,14-15H,3-4,8-13H2,1-2H3. The number of benzene rings is 1. The van der Waals surface area contributed by atoms with Crippen molar-refractivity contribution in [1.29, 1.82) is 0 Å². The highest BCUT2D eigenvalue weighted by molar-refractivity contribution is 5.82. The Hall–Kier alpha value is -2.42. The molecule has 0 spiro atoms. The molecule has 4 rings (SSSR count). The molecule has 9 heteroatoms. The third-order valence-corrected chi connectivity index (χ3v) is 6.62. The number of amides is 1. The number of aromatic nitrogens is 2. The molecule has 1 saturated heterocycles. The van der Waals surface area contributed by atoms with Gasteiger partial charge in [-0.15, -0.1) is 0 Å². The van der Waals surface area contributed by atoms with Crippen LogP contribution in [0.15, 0.2) is 28.8 Å². The van der Waals surface area contributed by atoms with Gasteiger partial charge in [-0.3, -0.25) is 9.69 Å². The lowest BCUT2D eigenvalue weighted by atomic mass is 9.87. The Kier molecular flexibility index (Phi) is 5.81. The van der Waals surface area contributed by atoms with Crippen molar-refractivity contribution in [2.45, 2.75) is 51.7 Å². The zero-order valence-electron chi connectivity index (χ0n) is 17.8. The van der Waals surface area contributed by atoms with Gasteiger partial charge < -0.3 is 9.42 Å². The van der Waals surface area contributed by atoms with E-state index in [2.05, 4.69) is 22.0 Å². The first-order valence-corrected chi connectivity index (χ1v) is 10.7. The Balaban J connectivity index is 1.40. The molecule has 1 aromatic heterocycles. The predicted molar refractivity (Wildman–Crippen MR) is 108 cm³/mol. The summed E-state index contributed by atoms with van der Waals surface area (Å²) < 4.78 is 44.3. The molecule has 1 aliphatic carbocycles. The number of carbonyl (C=O) groups is 1. The Labute approximate surface area is 179 Å². The maximum atomic E-state index is 13.0. The highest BCUT2D eigenvalue weighted by Gasteiger charge is 2.40. The summed E-state index contributed by atoms with van der Waals surface area (Å²) in [7, 11) is 0. The maximum Gasteiger partial charge on any atom is 0.416 e. The van der Waals surface area contributed by atoms with E-state index in [0.717, 1.165) is 37.8 Å². The molecule has 0 N–H and O–H groups in total. The summed E-state index contributed by atoms with van der Waals surface area (Å²) in [6.07, 6.45) is -0.275. The zero-order chi connectivity index (χ0) is 22.2. The average Bonchev–Trinajstić information content (AvgIpc) is 3.43. The van der Waals surface area contributed by atoms with Crippen molar-refractivity contribution in [3.8, 4) is 11.4 Å². The Morgan fingerprint density at radius 1 is 1.16 bits per heavy atom. The van der Waals surface area contributed by atoms with Gasteiger partial charge in [0.2, 0.25) is 17.6 Å². The van der Waals surface area contributed by atoms with Crippen LogP contribution in [0, 0.1) is 5.41 Å². The summed E-state index contributed by atoms with van der Waals surface area (Å²) >= 11 is 0. The van der Waals surface area contributed by atoms with E-state index in [-0.39, 0.29) is 28.8 Å². The minimum Gasteiger partial charge on any atom is -0.340 e. The fourth-order valence-corrected chi connectivity index (χ4v) is 4.58. The number of piperazine rings is 1. The first-order chi connectivity index (χ1) is 14.7. The van der Waals surface area contributed by atoms with Crippen LogP contribution in [0.4, 0.5) is 13.2 Å². The van der Waals surface area contributed by atoms with Crippen LogP contribution < -0.4 is 0 Å². The van der Waals surface area contributed by atoms with Crippen molar-refractivity contribution in [3.63, 3.8) is 0 Å². The van der Waals surface area contributed by atoms with Crippen LogP contribution >= 0.6 is 0 Å². The minimum absolute atomic E-state index is 0.135. The molecule has 6 nitrogen and oxygen atoms in total. The van der Waals surface area contributed by atoms with E-state index in [0.29, 0.717) is 32.1 Å². The zero-order valence-corrected chi connectivity index (χ0v) is 17.8. The monoisotopic (exact) mass is 436 g/mol. The molecule has 1 aliphatic heterocycles. The van der Waals surface area contributed by atoms with E-state index in [4.69, 9.17) is 4.52 Å². The molecular formula is C22H27F3N4O2. The number of hydrogen-bond donors (Lipinski definition) is 0. The molecule has 1 atom stereocenters. The minimum atomic E-state index is -4.43. The topological polar surface area (TPSA) is 62.5 Å². The molecule has 168 valence electrons. The van der Waals surface area contributed by atoms with Gasteiger partial charge in [-0.25, -0.2) is 0 Å². The van der Waals surface area contributed by atoms with Gasteiger partial charge in [0.25, 0.3) is 0 Å². The molecular weight excluding hydrogens is 409 g/mol. The molecule has 0 bridgehead atoms. The van der Waals surface area contributed by atoms with E-state index in [1.807, 2.05) is 11.8 Å². The summed E-state index contributed by atoms with van der Waals surface area (Å²) in [5, 5.41) is 3.89. The van der Waals surface area contributed by atoms with Crippen molar-refractivity contribution < 1.29 is 22.5 Å². The van der Waals surface area contributed by atoms with Crippen molar-refractivity contribution in [3.05, 3.63) is 35.7 Å². The number of nitrogens with zero attached hydrogens (tertiary/aromatic N) is 4. The van der Waals surface area contributed by atoms with Gasteiger partial charge in [0.05, 0.1) is 11.6 Å². The lowest BCUT2D eigenvalue weighted by Gasteiger charge is -2.40. The van der Waals surface area contributed by atoms with Crippen LogP contribution in [0.2, 0.25) is 0 Å². The van der Waals surface area contributed by atoms with Crippen molar-refractivity contribution in [1.82, 2.24) is 19.9 Å². The summed E-state index contributed by atoms with van der Waals surface area (Å²) in [5.41, 5.74) is -0.710. The normalized spacial score (nSPS) is 20.7. The molecule has 1 unspecified atom stereocenters. The van der Waals surface area contributed by atoms with Gasteiger partial charge in [-0.05, 0) is 31.9 Å². The highest BCUT2D eigenvalue weighted by Crippen LogP contribution is 2.39. The number of halogens is 3. The van der Waals surface area contributed by atoms with Gasteiger partial charge in [0, 0.05) is 37.2 Å². The highest BCUT2D eigenvalue weighted by atomic mass is 19.4. The lowest BCUT2D eigenvalue weighted by Crippen LogP contribution is -2.52. The van der Waals surface area contributed by atoms with Crippen LogP contribution in [0.3, 0.4) is 0 Å². The quantitative estimate of drug-likeness (QED) is 0.704. The number of rotatable bonds is 4. The molecule has 1 saturated carbocycles. The van der Waals surface area contributed by atoms with Gasteiger partial charge in [-0.1, -0.05) is 37.1 Å². The summed E-state index contributed by atoms with van der Waals surface area (Å²) in [6.45, 7) is 6.67. The van der Waals surface area contributed by atoms with Crippen LogP contribution in [-0.2, 0) is 11.0 Å². The van der Waals surface area contributed by atoms with Crippen molar-refractivity contribution >= 4 is 5.91 Å². The van der Waals surface area contributed by atoms with Gasteiger partial charge in [-0.2, -0.15) is 18.2 Å². The van der Waals surface area contributed by atoms with Crippen LogP contribution in [0.5, 0.6) is 0 Å².